The molecule has 17 heavy (non-hydrogen) atoms. The van der Waals surface area contributed by atoms with Crippen molar-refractivity contribution in [1.29, 1.82) is 0 Å². The molecule has 2 heterocycles. The van der Waals surface area contributed by atoms with Gasteiger partial charge in [-0.25, -0.2) is 9.97 Å². The van der Waals surface area contributed by atoms with E-state index >= 15 is 0 Å². The molecule has 0 fully saturated rings. The van der Waals surface area contributed by atoms with E-state index in [1.807, 2.05) is 0 Å². The van der Waals surface area contributed by atoms with Crippen LogP contribution in [0.5, 0.6) is 6.01 Å². The molecular formula is C13H16N2OS. The normalized spacial score (nSPS) is 11.5. The number of rotatable bonds is 2. The molecule has 0 radical (unpaired) electrons. The smallest absolute Gasteiger partial charge is 0.316 e. The number of methoxy groups -OCH3 is 1. The highest BCUT2D eigenvalue weighted by Crippen LogP contribution is 2.34. The lowest BCUT2D eigenvalue weighted by atomic mass is 9.95. The number of aromatic nitrogens is 2. The molecule has 0 unspecified atom stereocenters. The molecule has 0 aromatic carbocycles. The summed E-state index contributed by atoms with van der Waals surface area (Å²) < 4.78 is 4.95. The summed E-state index contributed by atoms with van der Waals surface area (Å²) in [6, 6.07) is 4.70. The van der Waals surface area contributed by atoms with Crippen molar-refractivity contribution < 1.29 is 4.74 Å². The SMILES string of the molecule is COc1ncc(-c2ccc(C(C)(C)C)s2)cn1. The quantitative estimate of drug-likeness (QED) is 0.815. The van der Waals surface area contributed by atoms with Crippen molar-refractivity contribution in [1.82, 2.24) is 9.97 Å². The summed E-state index contributed by atoms with van der Waals surface area (Å²) in [5.74, 6) is 0. The van der Waals surface area contributed by atoms with Gasteiger partial charge in [-0.05, 0) is 17.5 Å². The van der Waals surface area contributed by atoms with Crippen LogP contribution >= 0.6 is 11.3 Å². The maximum atomic E-state index is 4.95. The van der Waals surface area contributed by atoms with Crippen LogP contribution in [0.15, 0.2) is 24.5 Å². The maximum Gasteiger partial charge on any atom is 0.316 e. The minimum atomic E-state index is 0.191. The first-order valence-electron chi connectivity index (χ1n) is 5.47. The largest absolute Gasteiger partial charge is 0.467 e. The summed E-state index contributed by atoms with van der Waals surface area (Å²) >= 11 is 1.79. The van der Waals surface area contributed by atoms with Gasteiger partial charge in [0.1, 0.15) is 0 Å². The molecule has 2 aromatic rings. The van der Waals surface area contributed by atoms with E-state index in [4.69, 9.17) is 4.74 Å². The minimum Gasteiger partial charge on any atom is -0.467 e. The van der Waals surface area contributed by atoms with Gasteiger partial charge in [0, 0.05) is 27.7 Å². The predicted octanol–water partition coefficient (Wildman–Crippen LogP) is 3.51. The second-order valence-corrected chi connectivity index (χ2v) is 5.96. The van der Waals surface area contributed by atoms with Gasteiger partial charge < -0.3 is 4.74 Å². The Balaban J connectivity index is 2.30. The molecule has 0 saturated heterocycles. The topological polar surface area (TPSA) is 35.0 Å². The number of hydrogen-bond acceptors (Lipinski definition) is 4. The Hall–Kier alpha value is -1.42. The lowest BCUT2D eigenvalue weighted by Gasteiger charge is -2.15. The number of ether oxygens (including phenoxy) is 1. The molecule has 0 spiro atoms. The highest BCUT2D eigenvalue weighted by Gasteiger charge is 2.16. The van der Waals surface area contributed by atoms with Gasteiger partial charge in [-0.3, -0.25) is 0 Å². The minimum absolute atomic E-state index is 0.191. The average molecular weight is 248 g/mol. The van der Waals surface area contributed by atoms with E-state index < -0.39 is 0 Å². The summed E-state index contributed by atoms with van der Waals surface area (Å²) in [6.07, 6.45) is 3.59. The van der Waals surface area contributed by atoms with Crippen LogP contribution in [-0.2, 0) is 5.41 Å². The van der Waals surface area contributed by atoms with Gasteiger partial charge in [-0.1, -0.05) is 20.8 Å². The van der Waals surface area contributed by atoms with E-state index in [1.54, 1.807) is 30.8 Å². The van der Waals surface area contributed by atoms with Crippen LogP contribution in [0, 0.1) is 0 Å². The zero-order valence-corrected chi connectivity index (χ0v) is 11.3. The second kappa shape index (κ2) is 4.45. The molecule has 0 aliphatic heterocycles. The van der Waals surface area contributed by atoms with E-state index in [9.17, 15) is 0 Å². The van der Waals surface area contributed by atoms with E-state index in [2.05, 4.69) is 42.9 Å². The van der Waals surface area contributed by atoms with Crippen molar-refractivity contribution in [3.05, 3.63) is 29.4 Å². The Morgan fingerprint density at radius 3 is 2.24 bits per heavy atom. The Morgan fingerprint density at radius 1 is 1.12 bits per heavy atom. The Kier molecular flexibility index (Phi) is 3.15. The fourth-order valence-electron chi connectivity index (χ4n) is 1.44. The fourth-order valence-corrected chi connectivity index (χ4v) is 2.48. The van der Waals surface area contributed by atoms with Crippen molar-refractivity contribution in [3.63, 3.8) is 0 Å². The molecule has 0 aliphatic rings. The molecule has 0 atom stereocenters. The molecule has 0 saturated carbocycles. The fraction of sp³-hybridized carbons (Fsp3) is 0.385. The van der Waals surface area contributed by atoms with E-state index in [-0.39, 0.29) is 5.41 Å². The first kappa shape index (κ1) is 12.0. The van der Waals surface area contributed by atoms with Gasteiger partial charge in [-0.15, -0.1) is 11.3 Å². The average Bonchev–Trinajstić information content (AvgIpc) is 2.78. The van der Waals surface area contributed by atoms with Crippen molar-refractivity contribution in [2.45, 2.75) is 26.2 Å². The molecule has 0 N–H and O–H groups in total. The third-order valence-corrected chi connectivity index (χ3v) is 4.00. The lowest BCUT2D eigenvalue weighted by Crippen LogP contribution is -2.07. The van der Waals surface area contributed by atoms with Crippen LogP contribution in [0.1, 0.15) is 25.6 Å². The van der Waals surface area contributed by atoms with Crippen molar-refractivity contribution in [3.8, 4) is 16.5 Å². The molecular weight excluding hydrogens is 232 g/mol. The van der Waals surface area contributed by atoms with E-state index in [0.29, 0.717) is 6.01 Å². The van der Waals surface area contributed by atoms with Crippen LogP contribution in [0.4, 0.5) is 0 Å². The van der Waals surface area contributed by atoms with Gasteiger partial charge >= 0.3 is 6.01 Å². The molecule has 0 aliphatic carbocycles. The first-order chi connectivity index (χ1) is 8.00. The van der Waals surface area contributed by atoms with Crippen LogP contribution in [0.3, 0.4) is 0 Å². The van der Waals surface area contributed by atoms with Crippen LogP contribution in [-0.4, -0.2) is 17.1 Å². The van der Waals surface area contributed by atoms with Gasteiger partial charge in [-0.2, -0.15) is 0 Å². The standard InChI is InChI=1S/C13H16N2OS/c1-13(2,3)11-6-5-10(17-11)9-7-14-12(16-4)15-8-9/h5-8H,1-4H3. The Morgan fingerprint density at radius 2 is 1.76 bits per heavy atom. The Labute approximate surface area is 106 Å². The molecule has 90 valence electrons. The van der Waals surface area contributed by atoms with Crippen molar-refractivity contribution in [2.75, 3.05) is 7.11 Å². The highest BCUT2D eigenvalue weighted by molar-refractivity contribution is 7.15. The monoisotopic (exact) mass is 248 g/mol. The zero-order chi connectivity index (χ0) is 12.5. The molecule has 0 amide bonds. The Bertz CT molecular complexity index is 497. The molecule has 3 nitrogen and oxygen atoms in total. The zero-order valence-electron chi connectivity index (χ0n) is 10.5. The number of nitrogens with zero attached hydrogens (tertiary/aromatic N) is 2. The maximum absolute atomic E-state index is 4.95. The second-order valence-electron chi connectivity index (χ2n) is 4.87. The summed E-state index contributed by atoms with van der Waals surface area (Å²) in [4.78, 5) is 10.8. The first-order valence-corrected chi connectivity index (χ1v) is 6.29. The molecule has 2 rings (SSSR count). The van der Waals surface area contributed by atoms with Gasteiger partial charge in [0.15, 0.2) is 0 Å². The number of hydrogen-bond donors (Lipinski definition) is 0. The number of thiophene rings is 1. The summed E-state index contributed by atoms with van der Waals surface area (Å²) in [7, 11) is 1.57. The lowest BCUT2D eigenvalue weighted by molar-refractivity contribution is 0.380. The van der Waals surface area contributed by atoms with E-state index in [0.717, 1.165) is 5.56 Å². The molecule has 2 aromatic heterocycles. The van der Waals surface area contributed by atoms with Crippen LogP contribution < -0.4 is 4.74 Å². The van der Waals surface area contributed by atoms with Gasteiger partial charge in [0.05, 0.1) is 7.11 Å². The predicted molar refractivity (Wildman–Crippen MR) is 70.6 cm³/mol. The van der Waals surface area contributed by atoms with Crippen molar-refractivity contribution in [2.24, 2.45) is 0 Å². The van der Waals surface area contributed by atoms with E-state index in [1.165, 1.54) is 9.75 Å². The summed E-state index contributed by atoms with van der Waals surface area (Å²) in [6.45, 7) is 6.65. The van der Waals surface area contributed by atoms with Crippen molar-refractivity contribution >= 4 is 11.3 Å². The highest BCUT2D eigenvalue weighted by atomic mass is 32.1. The van der Waals surface area contributed by atoms with Crippen LogP contribution in [0.25, 0.3) is 10.4 Å². The summed E-state index contributed by atoms with van der Waals surface area (Å²) in [5, 5.41) is 0. The molecule has 0 bridgehead atoms. The van der Waals surface area contributed by atoms with Gasteiger partial charge in [0.25, 0.3) is 0 Å². The van der Waals surface area contributed by atoms with Gasteiger partial charge in [0.2, 0.25) is 0 Å². The third kappa shape index (κ3) is 2.64. The third-order valence-electron chi connectivity index (χ3n) is 2.44. The van der Waals surface area contributed by atoms with Crippen LogP contribution in [0.2, 0.25) is 0 Å². The molecule has 4 heteroatoms. The summed E-state index contributed by atoms with van der Waals surface area (Å²) in [5.41, 5.74) is 1.22.